The molecule has 0 radical (unpaired) electrons. The zero-order valence-corrected chi connectivity index (χ0v) is 22.3. The molecule has 0 saturated heterocycles. The number of nitrogens with zero attached hydrogens (tertiary/aromatic N) is 1. The van der Waals surface area contributed by atoms with Crippen LogP contribution in [0.25, 0.3) is 23.2 Å². The summed E-state index contributed by atoms with van der Waals surface area (Å²) in [5.74, 6) is -0.413. The Balaban J connectivity index is 1.56. The van der Waals surface area contributed by atoms with Gasteiger partial charge in [0.2, 0.25) is 17.1 Å². The van der Waals surface area contributed by atoms with Crippen LogP contribution in [-0.2, 0) is 16.1 Å². The molecule has 40 heavy (non-hydrogen) atoms. The summed E-state index contributed by atoms with van der Waals surface area (Å²) < 4.78 is 7.75. The van der Waals surface area contributed by atoms with E-state index < -0.39 is 22.7 Å². The summed E-state index contributed by atoms with van der Waals surface area (Å²) in [6.45, 7) is 1.93. The van der Waals surface area contributed by atoms with Gasteiger partial charge in [0.05, 0.1) is 15.5 Å². The Kier molecular flexibility index (Phi) is 7.49. The van der Waals surface area contributed by atoms with Gasteiger partial charge in [0, 0.05) is 28.7 Å². The third-order valence-electron chi connectivity index (χ3n) is 6.83. The lowest BCUT2D eigenvalue weighted by atomic mass is 9.91. The number of aromatic hydroxyl groups is 1. The average Bonchev–Trinajstić information content (AvgIpc) is 2.96. The van der Waals surface area contributed by atoms with Crippen LogP contribution >= 0.6 is 11.6 Å². The summed E-state index contributed by atoms with van der Waals surface area (Å²) >= 11 is 6.46. The minimum Gasteiger partial charge on any atom is -0.502 e. The van der Waals surface area contributed by atoms with Crippen LogP contribution in [0.15, 0.2) is 94.8 Å². The highest BCUT2D eigenvalue weighted by Gasteiger charge is 2.23. The van der Waals surface area contributed by atoms with E-state index in [1.165, 1.54) is 22.9 Å². The predicted octanol–water partition coefficient (Wildman–Crippen LogP) is 3.13. The van der Waals surface area contributed by atoms with E-state index in [4.69, 9.17) is 21.4 Å². The van der Waals surface area contributed by atoms with Gasteiger partial charge in [-0.25, -0.2) is 4.57 Å². The van der Waals surface area contributed by atoms with Crippen LogP contribution in [0.3, 0.4) is 0 Å². The first-order chi connectivity index (χ1) is 19.2. The number of carboxylic acid groups (broad SMARTS) is 1. The molecule has 0 amide bonds. The molecule has 0 spiro atoms. The molecule has 1 aliphatic rings. The first kappa shape index (κ1) is 26.8. The van der Waals surface area contributed by atoms with Gasteiger partial charge in [-0.3, -0.25) is 14.4 Å². The zero-order chi connectivity index (χ0) is 28.4. The van der Waals surface area contributed by atoms with Crippen LogP contribution in [0.4, 0.5) is 0 Å². The molecule has 8 heteroatoms. The summed E-state index contributed by atoms with van der Waals surface area (Å²) in [7, 11) is 0. The Morgan fingerprint density at radius 2 is 1.68 bits per heavy atom. The molecule has 1 aliphatic heterocycles. The Morgan fingerprint density at radius 3 is 2.35 bits per heavy atom. The highest BCUT2D eigenvalue weighted by atomic mass is 35.5. The normalized spacial score (nSPS) is 14.7. The van der Waals surface area contributed by atoms with Crippen molar-refractivity contribution in [3.8, 4) is 5.75 Å². The van der Waals surface area contributed by atoms with Crippen molar-refractivity contribution in [2.45, 2.75) is 19.9 Å². The summed E-state index contributed by atoms with van der Waals surface area (Å²) in [6, 6.07) is 18.4. The van der Waals surface area contributed by atoms with Crippen LogP contribution < -0.4 is 25.9 Å². The molecule has 1 unspecified atom stereocenters. The summed E-state index contributed by atoms with van der Waals surface area (Å²) in [5, 5.41) is 19.8. The molecule has 0 aliphatic carbocycles. The summed E-state index contributed by atoms with van der Waals surface area (Å²) in [4.78, 5) is 37.2. The van der Waals surface area contributed by atoms with Gasteiger partial charge in [-0.1, -0.05) is 54.1 Å². The molecule has 0 saturated carbocycles. The topological polar surface area (TPSA) is 105 Å². The van der Waals surface area contributed by atoms with Crippen molar-refractivity contribution in [3.63, 3.8) is 0 Å². The van der Waals surface area contributed by atoms with Crippen LogP contribution in [0.5, 0.6) is 5.75 Å². The molecule has 0 bridgehead atoms. The van der Waals surface area contributed by atoms with E-state index in [0.717, 1.165) is 5.56 Å². The number of carbonyl (C=O) groups is 1. The fourth-order valence-electron chi connectivity index (χ4n) is 4.62. The van der Waals surface area contributed by atoms with E-state index in [1.54, 1.807) is 19.2 Å². The Morgan fingerprint density at radius 1 is 1.00 bits per heavy atom. The molecule has 5 rings (SSSR count). The second-order valence-electron chi connectivity index (χ2n) is 9.48. The monoisotopic (exact) mass is 554 g/mol. The van der Waals surface area contributed by atoms with E-state index in [-0.39, 0.29) is 29.2 Å². The molecule has 1 aromatic heterocycles. The van der Waals surface area contributed by atoms with Gasteiger partial charge < -0.3 is 14.9 Å². The van der Waals surface area contributed by atoms with Crippen molar-refractivity contribution in [2.75, 3.05) is 0 Å². The maximum Gasteiger partial charge on any atom is 0.309 e. The number of halogens is 1. The van der Waals surface area contributed by atoms with Gasteiger partial charge in [-0.2, -0.15) is 0 Å². The van der Waals surface area contributed by atoms with E-state index in [1.807, 2.05) is 60.7 Å². The fourth-order valence-corrected chi connectivity index (χ4v) is 4.85. The molecule has 4 aromatic rings. The largest absolute Gasteiger partial charge is 0.502 e. The first-order valence-electron chi connectivity index (χ1n) is 12.6. The number of hydrogen-bond acceptors (Lipinski definition) is 5. The molecule has 2 heterocycles. The van der Waals surface area contributed by atoms with Crippen LogP contribution in [0, 0.1) is 5.92 Å². The number of rotatable bonds is 7. The molecule has 7 nitrogen and oxygen atoms in total. The molecule has 200 valence electrons. The second-order valence-corrected chi connectivity index (χ2v) is 9.88. The molecular formula is C32H25ClNO6+. The standard InChI is InChI=1S/C32H24ClNO6/c1-19(30-31(38)24(32(30)39)15-21-11-13-34(18-26(21)35)14-12-29(36)37)22-16-27(20-7-3-2-4-8-20)40-28(17-22)23-9-5-6-10-25(23)33/h2-11,13,15-18,22H,12,14H2,1H3,(H-,35,36,37,38,39)/p+1. The van der Waals surface area contributed by atoms with Gasteiger partial charge >= 0.3 is 5.97 Å². The van der Waals surface area contributed by atoms with Crippen molar-refractivity contribution >= 4 is 40.7 Å². The number of hydrogen-bond donors (Lipinski definition) is 2. The van der Waals surface area contributed by atoms with Crippen molar-refractivity contribution in [1.82, 2.24) is 0 Å². The lowest BCUT2D eigenvalue weighted by molar-refractivity contribution is -0.696. The highest BCUT2D eigenvalue weighted by Crippen LogP contribution is 2.36. The van der Waals surface area contributed by atoms with E-state index in [9.17, 15) is 19.5 Å². The zero-order valence-electron chi connectivity index (χ0n) is 21.5. The maximum absolute atomic E-state index is 13.2. The van der Waals surface area contributed by atoms with Gasteiger partial charge in [0.15, 0.2) is 18.5 Å². The lowest BCUT2D eigenvalue weighted by Crippen LogP contribution is -2.65. The smallest absolute Gasteiger partial charge is 0.309 e. The molecular weight excluding hydrogens is 530 g/mol. The number of allylic oxidation sites excluding steroid dienone is 2. The second kappa shape index (κ2) is 11.2. The Hall–Kier alpha value is -4.75. The molecule has 1 atom stereocenters. The fraction of sp³-hybridized carbons (Fsp3) is 0.125. The van der Waals surface area contributed by atoms with Crippen molar-refractivity contribution in [2.24, 2.45) is 5.92 Å². The Bertz CT molecular complexity index is 1850. The van der Waals surface area contributed by atoms with Gasteiger partial charge in [-0.15, -0.1) is 0 Å². The minimum atomic E-state index is -0.956. The van der Waals surface area contributed by atoms with Gasteiger partial charge in [-0.05, 0) is 42.9 Å². The third-order valence-corrected chi connectivity index (χ3v) is 7.16. The molecule has 0 fully saturated rings. The van der Waals surface area contributed by atoms with E-state index >= 15 is 0 Å². The predicted molar refractivity (Wildman–Crippen MR) is 152 cm³/mol. The number of aryl methyl sites for hydroxylation is 1. The van der Waals surface area contributed by atoms with Crippen LogP contribution in [0.1, 0.15) is 30.0 Å². The van der Waals surface area contributed by atoms with Gasteiger partial charge in [0.1, 0.15) is 17.9 Å². The third kappa shape index (κ3) is 5.37. The minimum absolute atomic E-state index is 0.0254. The first-order valence-corrected chi connectivity index (χ1v) is 13.0. The Labute approximate surface area is 234 Å². The number of pyridine rings is 1. The van der Waals surface area contributed by atoms with Crippen LogP contribution in [-0.4, -0.2) is 16.2 Å². The molecule has 2 N–H and O–H groups in total. The van der Waals surface area contributed by atoms with Gasteiger partial charge in [0.25, 0.3) is 0 Å². The van der Waals surface area contributed by atoms with Crippen LogP contribution in [0.2, 0.25) is 5.02 Å². The number of ether oxygens (including phenoxy) is 1. The molecule has 3 aromatic carbocycles. The van der Waals surface area contributed by atoms with Crippen molar-refractivity contribution < 1.29 is 24.3 Å². The summed E-state index contributed by atoms with van der Waals surface area (Å²) in [5.41, 5.74) is 1.60. The quantitative estimate of drug-likeness (QED) is 0.340. The van der Waals surface area contributed by atoms with E-state index in [0.29, 0.717) is 33.2 Å². The average molecular weight is 555 g/mol. The number of aromatic nitrogens is 1. The number of benzene rings is 2. The summed E-state index contributed by atoms with van der Waals surface area (Å²) in [6.07, 6.45) is 7.93. The number of aliphatic carboxylic acids is 1. The number of carboxylic acids is 1. The SMILES string of the molecule is CC(=c1c(=O)c(=Cc2cc[n+](CCC(=O)O)cc2O)c1=O)C1C=C(c2ccccc2)OC(c2ccccc2Cl)=C1. The maximum atomic E-state index is 13.2. The van der Waals surface area contributed by atoms with Crippen molar-refractivity contribution in [3.05, 3.63) is 138 Å². The van der Waals surface area contributed by atoms with E-state index in [2.05, 4.69) is 0 Å². The van der Waals surface area contributed by atoms with Crippen molar-refractivity contribution in [1.29, 1.82) is 0 Å². The highest BCUT2D eigenvalue weighted by molar-refractivity contribution is 6.32. The lowest BCUT2D eigenvalue weighted by Gasteiger charge is -2.23.